The number of hydrogen-bond donors (Lipinski definition) is 0. The third-order valence-electron chi connectivity index (χ3n) is 5.85. The van der Waals surface area contributed by atoms with E-state index < -0.39 is 0 Å². The number of amides is 2. The van der Waals surface area contributed by atoms with Crippen molar-refractivity contribution in [3.05, 3.63) is 46.8 Å². The summed E-state index contributed by atoms with van der Waals surface area (Å²) in [6.07, 6.45) is 4.17. The van der Waals surface area contributed by atoms with E-state index in [0.29, 0.717) is 17.7 Å². The number of piperazine rings is 1. The molecule has 2 amide bonds. The summed E-state index contributed by atoms with van der Waals surface area (Å²) in [4.78, 5) is 31.2. The predicted octanol–water partition coefficient (Wildman–Crippen LogP) is 3.50. The molecule has 4 rings (SSSR count). The Balaban J connectivity index is 1.20. The molecule has 2 aliphatic heterocycles. The van der Waals surface area contributed by atoms with Gasteiger partial charge in [0, 0.05) is 32.7 Å². The fourth-order valence-corrected chi connectivity index (χ4v) is 4.15. The van der Waals surface area contributed by atoms with Gasteiger partial charge in [-0.3, -0.25) is 19.4 Å². The lowest BCUT2D eigenvalue weighted by molar-refractivity contribution is -0.0121. The van der Waals surface area contributed by atoms with Gasteiger partial charge >= 0.3 is 0 Å². The molecule has 2 heterocycles. The van der Waals surface area contributed by atoms with Crippen molar-refractivity contribution in [2.24, 2.45) is 0 Å². The van der Waals surface area contributed by atoms with Crippen LogP contribution in [0.15, 0.2) is 35.7 Å². The number of allylic oxidation sites excluding steroid dienone is 1. The van der Waals surface area contributed by atoms with Crippen molar-refractivity contribution in [3.8, 4) is 0 Å². The van der Waals surface area contributed by atoms with Gasteiger partial charge in [-0.25, -0.2) is 0 Å². The first-order valence-electron chi connectivity index (χ1n) is 11.2. The molecule has 0 aromatic heterocycles. The molecule has 30 heavy (non-hydrogen) atoms. The van der Waals surface area contributed by atoms with Crippen molar-refractivity contribution < 1.29 is 14.3 Å². The van der Waals surface area contributed by atoms with E-state index in [1.165, 1.54) is 23.3 Å². The Morgan fingerprint density at radius 3 is 2.00 bits per heavy atom. The fourth-order valence-electron chi connectivity index (χ4n) is 4.15. The van der Waals surface area contributed by atoms with Crippen molar-refractivity contribution in [2.75, 3.05) is 39.3 Å². The average molecular weight is 412 g/mol. The molecular weight excluding hydrogens is 378 g/mol. The molecule has 1 aromatic carbocycles. The SMILES string of the molecule is CC(C)(C)OC(=C1CC1)N1CCN(CCCCN2C(=O)c3ccccc3C2=O)CC1. The number of carbonyl (C=O) groups excluding carboxylic acids is 2. The highest BCUT2D eigenvalue weighted by Crippen LogP contribution is 2.36. The maximum atomic E-state index is 12.4. The highest BCUT2D eigenvalue weighted by Gasteiger charge is 2.34. The largest absolute Gasteiger partial charge is 0.473 e. The molecule has 0 N–H and O–H groups in total. The van der Waals surface area contributed by atoms with Gasteiger partial charge in [-0.2, -0.15) is 0 Å². The summed E-state index contributed by atoms with van der Waals surface area (Å²) in [5, 5.41) is 0. The first-order chi connectivity index (χ1) is 14.3. The van der Waals surface area contributed by atoms with Crippen LogP contribution in [0, 0.1) is 0 Å². The van der Waals surface area contributed by atoms with Crippen LogP contribution in [-0.2, 0) is 4.74 Å². The Morgan fingerprint density at radius 1 is 0.900 bits per heavy atom. The third kappa shape index (κ3) is 4.69. The second kappa shape index (κ2) is 8.42. The van der Waals surface area contributed by atoms with Crippen LogP contribution in [0.25, 0.3) is 0 Å². The van der Waals surface area contributed by atoms with E-state index in [1.807, 2.05) is 12.1 Å². The van der Waals surface area contributed by atoms with Crippen molar-refractivity contribution >= 4 is 11.8 Å². The Bertz CT molecular complexity index is 806. The minimum absolute atomic E-state index is 0.149. The van der Waals surface area contributed by atoms with Gasteiger partial charge in [0.05, 0.1) is 11.1 Å². The van der Waals surface area contributed by atoms with E-state index >= 15 is 0 Å². The van der Waals surface area contributed by atoms with Gasteiger partial charge in [-0.1, -0.05) is 12.1 Å². The maximum absolute atomic E-state index is 12.4. The highest BCUT2D eigenvalue weighted by molar-refractivity contribution is 6.21. The summed E-state index contributed by atoms with van der Waals surface area (Å²) >= 11 is 0. The zero-order chi connectivity index (χ0) is 21.3. The monoisotopic (exact) mass is 411 g/mol. The van der Waals surface area contributed by atoms with E-state index in [4.69, 9.17) is 4.74 Å². The van der Waals surface area contributed by atoms with Gasteiger partial charge in [-0.05, 0) is 70.7 Å². The quantitative estimate of drug-likeness (QED) is 0.390. The molecule has 1 aliphatic carbocycles. The van der Waals surface area contributed by atoms with E-state index in [-0.39, 0.29) is 17.4 Å². The second-order valence-corrected chi connectivity index (χ2v) is 9.47. The number of rotatable bonds is 7. The normalized spacial score (nSPS) is 19.4. The number of carbonyl (C=O) groups is 2. The minimum atomic E-state index is -0.161. The lowest BCUT2D eigenvalue weighted by atomic mass is 10.1. The van der Waals surface area contributed by atoms with Crippen LogP contribution in [0.4, 0.5) is 0 Å². The summed E-state index contributed by atoms with van der Waals surface area (Å²) in [7, 11) is 0. The van der Waals surface area contributed by atoms with Crippen LogP contribution in [-0.4, -0.2) is 71.4 Å². The van der Waals surface area contributed by atoms with Gasteiger partial charge in [0.15, 0.2) is 5.88 Å². The highest BCUT2D eigenvalue weighted by atomic mass is 16.5. The molecule has 0 radical (unpaired) electrons. The summed E-state index contributed by atoms with van der Waals surface area (Å²) in [6, 6.07) is 7.10. The van der Waals surface area contributed by atoms with E-state index in [0.717, 1.165) is 51.4 Å². The summed E-state index contributed by atoms with van der Waals surface area (Å²) in [5.41, 5.74) is 2.37. The first kappa shape index (κ1) is 20.9. The number of ether oxygens (including phenoxy) is 1. The van der Waals surface area contributed by atoms with Crippen LogP contribution >= 0.6 is 0 Å². The fraction of sp³-hybridized carbons (Fsp3) is 0.583. The first-order valence-corrected chi connectivity index (χ1v) is 11.2. The van der Waals surface area contributed by atoms with Crippen LogP contribution in [0.3, 0.4) is 0 Å². The minimum Gasteiger partial charge on any atom is -0.473 e. The molecule has 1 saturated heterocycles. The molecule has 0 spiro atoms. The van der Waals surface area contributed by atoms with Crippen LogP contribution < -0.4 is 0 Å². The van der Waals surface area contributed by atoms with Gasteiger partial charge in [0.1, 0.15) is 5.60 Å². The molecule has 6 heteroatoms. The van der Waals surface area contributed by atoms with Crippen molar-refractivity contribution in [1.29, 1.82) is 0 Å². The van der Waals surface area contributed by atoms with Crippen molar-refractivity contribution in [2.45, 2.75) is 52.1 Å². The van der Waals surface area contributed by atoms with E-state index in [2.05, 4.69) is 30.6 Å². The molecule has 0 unspecified atom stereocenters. The summed E-state index contributed by atoms with van der Waals surface area (Å²) < 4.78 is 6.26. The molecule has 162 valence electrons. The van der Waals surface area contributed by atoms with Crippen LogP contribution in [0.2, 0.25) is 0 Å². The van der Waals surface area contributed by atoms with E-state index in [1.54, 1.807) is 12.1 Å². The molecule has 3 aliphatic rings. The average Bonchev–Trinajstić information content (AvgIpc) is 3.53. The van der Waals surface area contributed by atoms with Gasteiger partial charge in [0.2, 0.25) is 0 Å². The van der Waals surface area contributed by atoms with Crippen LogP contribution in [0.1, 0.15) is 67.2 Å². The topological polar surface area (TPSA) is 53.1 Å². The Morgan fingerprint density at radius 2 is 1.47 bits per heavy atom. The molecule has 6 nitrogen and oxygen atoms in total. The van der Waals surface area contributed by atoms with Crippen molar-refractivity contribution in [3.63, 3.8) is 0 Å². The maximum Gasteiger partial charge on any atom is 0.261 e. The lowest BCUT2D eigenvalue weighted by Crippen LogP contribution is -2.47. The number of hydrogen-bond acceptors (Lipinski definition) is 5. The number of benzene rings is 1. The zero-order valence-electron chi connectivity index (χ0n) is 18.4. The molecule has 1 saturated carbocycles. The van der Waals surface area contributed by atoms with E-state index in [9.17, 15) is 9.59 Å². The lowest BCUT2D eigenvalue weighted by Gasteiger charge is -2.39. The molecule has 0 bridgehead atoms. The van der Waals surface area contributed by atoms with Crippen LogP contribution in [0.5, 0.6) is 0 Å². The van der Waals surface area contributed by atoms with Gasteiger partial charge in [0.25, 0.3) is 11.8 Å². The standard InChI is InChI=1S/C24H33N3O3/c1-24(2,3)30-23(18-10-11-18)26-16-14-25(15-17-26)12-6-7-13-27-21(28)19-8-4-5-9-20(19)22(27)29/h4-5,8-9H,6-7,10-17H2,1-3H3. The third-order valence-corrected chi connectivity index (χ3v) is 5.85. The van der Waals surface area contributed by atoms with Gasteiger partial charge < -0.3 is 9.64 Å². The molecule has 0 atom stereocenters. The summed E-state index contributed by atoms with van der Waals surface area (Å²) in [6.45, 7) is 11.9. The Hall–Kier alpha value is -2.34. The molecule has 1 aromatic rings. The molecule has 2 fully saturated rings. The smallest absolute Gasteiger partial charge is 0.261 e. The number of imide groups is 1. The zero-order valence-corrected chi connectivity index (χ0v) is 18.4. The number of unbranched alkanes of at least 4 members (excludes halogenated alkanes) is 1. The Kier molecular flexibility index (Phi) is 5.87. The van der Waals surface area contributed by atoms with Crippen molar-refractivity contribution in [1.82, 2.24) is 14.7 Å². The number of nitrogens with zero attached hydrogens (tertiary/aromatic N) is 3. The van der Waals surface area contributed by atoms with Gasteiger partial charge in [-0.15, -0.1) is 0 Å². The molecular formula is C24H33N3O3. The summed E-state index contributed by atoms with van der Waals surface area (Å²) in [5.74, 6) is 0.820. The Labute approximate surface area is 179 Å². The predicted molar refractivity (Wildman–Crippen MR) is 116 cm³/mol. The number of fused-ring (bicyclic) bond motifs is 1. The second-order valence-electron chi connectivity index (χ2n) is 9.47.